The van der Waals surface area contributed by atoms with Crippen LogP contribution in [0.3, 0.4) is 0 Å². The van der Waals surface area contributed by atoms with E-state index in [9.17, 15) is 9.18 Å². The highest BCUT2D eigenvalue weighted by molar-refractivity contribution is 8.14. The molecule has 134 valence electrons. The average molecular weight is 368 g/mol. The Morgan fingerprint density at radius 3 is 2.85 bits per heavy atom. The molecule has 1 aliphatic rings. The molecule has 1 saturated heterocycles. The summed E-state index contributed by atoms with van der Waals surface area (Å²) in [5.41, 5.74) is 2.64. The molecule has 5 heteroatoms. The van der Waals surface area contributed by atoms with E-state index in [2.05, 4.69) is 11.9 Å². The summed E-state index contributed by atoms with van der Waals surface area (Å²) < 4.78 is 13.3. The molecule has 0 aromatic heterocycles. The summed E-state index contributed by atoms with van der Waals surface area (Å²) in [4.78, 5) is 19.2. The minimum atomic E-state index is -0.315. The van der Waals surface area contributed by atoms with Crippen molar-refractivity contribution in [3.63, 3.8) is 0 Å². The van der Waals surface area contributed by atoms with Crippen molar-refractivity contribution in [3.8, 4) is 0 Å². The Kier molecular flexibility index (Phi) is 5.89. The lowest BCUT2D eigenvalue weighted by Crippen LogP contribution is -2.37. The van der Waals surface area contributed by atoms with E-state index in [4.69, 9.17) is 0 Å². The SMILES string of the molecule is CC[C@H]1CSC(=Nc2cccc(C)c2)N1C(=O)/C=C/c1cccc(F)c1. The second-order valence-corrected chi connectivity index (χ2v) is 7.19. The van der Waals surface area contributed by atoms with Crippen molar-refractivity contribution in [1.82, 2.24) is 4.90 Å². The molecule has 2 aromatic carbocycles. The van der Waals surface area contributed by atoms with Crippen LogP contribution in [0.25, 0.3) is 6.08 Å². The summed E-state index contributed by atoms with van der Waals surface area (Å²) in [6.45, 7) is 4.09. The lowest BCUT2D eigenvalue weighted by molar-refractivity contribution is -0.123. The number of rotatable bonds is 4. The van der Waals surface area contributed by atoms with Gasteiger partial charge in [0.15, 0.2) is 5.17 Å². The lowest BCUT2D eigenvalue weighted by Gasteiger charge is -2.21. The number of aliphatic imine (C=N–C) groups is 1. The van der Waals surface area contributed by atoms with Crippen LogP contribution in [0.1, 0.15) is 24.5 Å². The van der Waals surface area contributed by atoms with Gasteiger partial charge in [-0.15, -0.1) is 0 Å². The van der Waals surface area contributed by atoms with Crippen LogP contribution in [0.4, 0.5) is 10.1 Å². The van der Waals surface area contributed by atoms with Crippen LogP contribution in [0.2, 0.25) is 0 Å². The first kappa shape index (κ1) is 18.4. The third kappa shape index (κ3) is 4.41. The number of hydrogen-bond acceptors (Lipinski definition) is 3. The maximum atomic E-state index is 13.3. The number of nitrogens with zero attached hydrogens (tertiary/aromatic N) is 2. The molecule has 26 heavy (non-hydrogen) atoms. The van der Waals surface area contributed by atoms with Crippen LogP contribution in [-0.4, -0.2) is 27.8 Å². The largest absolute Gasteiger partial charge is 0.284 e. The molecule has 0 saturated carbocycles. The van der Waals surface area contributed by atoms with Crippen LogP contribution in [0.15, 0.2) is 59.6 Å². The van der Waals surface area contributed by atoms with Crippen LogP contribution in [-0.2, 0) is 4.79 Å². The number of carbonyl (C=O) groups is 1. The van der Waals surface area contributed by atoms with Crippen molar-refractivity contribution >= 4 is 34.6 Å². The van der Waals surface area contributed by atoms with E-state index >= 15 is 0 Å². The second kappa shape index (κ2) is 8.32. The third-order valence-corrected chi connectivity index (χ3v) is 5.28. The summed E-state index contributed by atoms with van der Waals surface area (Å²) in [6.07, 6.45) is 4.00. The van der Waals surface area contributed by atoms with Crippen LogP contribution in [0, 0.1) is 12.7 Å². The first-order valence-electron chi connectivity index (χ1n) is 8.62. The number of amidine groups is 1. The molecular formula is C21H21FN2OS. The quantitative estimate of drug-likeness (QED) is 0.696. The molecule has 0 unspecified atom stereocenters. The Morgan fingerprint density at radius 2 is 2.12 bits per heavy atom. The zero-order valence-corrected chi connectivity index (χ0v) is 15.7. The number of halogens is 1. The van der Waals surface area contributed by atoms with Gasteiger partial charge in [-0.1, -0.05) is 43.0 Å². The highest BCUT2D eigenvalue weighted by Crippen LogP contribution is 2.29. The maximum Gasteiger partial charge on any atom is 0.252 e. The normalized spacial score (nSPS) is 18.8. The number of benzene rings is 2. The van der Waals surface area contributed by atoms with Gasteiger partial charge in [-0.05, 0) is 54.8 Å². The summed E-state index contributed by atoms with van der Waals surface area (Å²) in [6, 6.07) is 14.2. The molecular weight excluding hydrogens is 347 g/mol. The molecule has 0 aliphatic carbocycles. The Hall–Kier alpha value is -2.40. The standard InChI is InChI=1S/C21H21FN2OS/c1-3-19-14-26-21(23-18-9-4-6-15(2)12-18)24(19)20(25)11-10-16-7-5-8-17(22)13-16/h4-13,19H,3,14H2,1-2H3/b11-10+,23-21?/t19-/m0/s1. The Balaban J connectivity index is 1.84. The van der Waals surface area contributed by atoms with Gasteiger partial charge in [0.1, 0.15) is 5.82 Å². The van der Waals surface area contributed by atoms with Gasteiger partial charge >= 0.3 is 0 Å². The summed E-state index contributed by atoms with van der Waals surface area (Å²) in [7, 11) is 0. The number of aryl methyl sites for hydroxylation is 1. The van der Waals surface area contributed by atoms with E-state index in [0.29, 0.717) is 5.56 Å². The van der Waals surface area contributed by atoms with Gasteiger partial charge in [-0.3, -0.25) is 9.69 Å². The molecule has 1 aliphatic heterocycles. The summed E-state index contributed by atoms with van der Waals surface area (Å²) in [5, 5.41) is 0.719. The third-order valence-electron chi connectivity index (χ3n) is 4.18. The van der Waals surface area contributed by atoms with Gasteiger partial charge in [0.2, 0.25) is 0 Å². The zero-order chi connectivity index (χ0) is 18.5. The number of carbonyl (C=O) groups excluding carboxylic acids is 1. The Morgan fingerprint density at radius 1 is 1.31 bits per heavy atom. The van der Waals surface area contributed by atoms with E-state index in [1.807, 2.05) is 31.2 Å². The molecule has 1 fully saturated rings. The first-order chi connectivity index (χ1) is 12.6. The molecule has 1 amide bonds. The lowest BCUT2D eigenvalue weighted by atomic mass is 10.2. The van der Waals surface area contributed by atoms with Crippen molar-refractivity contribution in [2.75, 3.05) is 5.75 Å². The zero-order valence-electron chi connectivity index (χ0n) is 14.9. The first-order valence-corrected chi connectivity index (χ1v) is 9.60. The molecule has 3 rings (SSSR count). The highest BCUT2D eigenvalue weighted by atomic mass is 32.2. The fourth-order valence-electron chi connectivity index (χ4n) is 2.80. The molecule has 2 aromatic rings. The van der Waals surface area contributed by atoms with E-state index in [1.165, 1.54) is 18.2 Å². The molecule has 1 heterocycles. The van der Waals surface area contributed by atoms with Gasteiger partial charge < -0.3 is 0 Å². The highest BCUT2D eigenvalue weighted by Gasteiger charge is 2.32. The van der Waals surface area contributed by atoms with Gasteiger partial charge in [0, 0.05) is 17.9 Å². The van der Waals surface area contributed by atoms with E-state index in [1.54, 1.807) is 34.9 Å². The van der Waals surface area contributed by atoms with Gasteiger partial charge in [-0.25, -0.2) is 9.38 Å². The topological polar surface area (TPSA) is 32.7 Å². The summed E-state index contributed by atoms with van der Waals surface area (Å²) in [5.74, 6) is 0.391. The average Bonchev–Trinajstić information content (AvgIpc) is 3.02. The molecule has 0 N–H and O–H groups in total. The van der Waals surface area contributed by atoms with Crippen molar-refractivity contribution in [1.29, 1.82) is 0 Å². The molecule has 0 bridgehead atoms. The van der Waals surface area contributed by atoms with Crippen LogP contribution >= 0.6 is 11.8 Å². The Labute approximate surface area is 157 Å². The van der Waals surface area contributed by atoms with E-state index in [0.717, 1.165) is 28.6 Å². The second-order valence-electron chi connectivity index (χ2n) is 6.20. The van der Waals surface area contributed by atoms with Crippen molar-refractivity contribution in [3.05, 3.63) is 71.6 Å². The predicted molar refractivity (Wildman–Crippen MR) is 107 cm³/mol. The number of hydrogen-bond donors (Lipinski definition) is 0. The summed E-state index contributed by atoms with van der Waals surface area (Å²) >= 11 is 1.60. The Bertz CT molecular complexity index is 863. The predicted octanol–water partition coefficient (Wildman–Crippen LogP) is 5.19. The van der Waals surface area contributed by atoms with Gasteiger partial charge in [0.25, 0.3) is 5.91 Å². The fourth-order valence-corrected chi connectivity index (χ4v) is 4.07. The van der Waals surface area contributed by atoms with E-state index in [-0.39, 0.29) is 17.8 Å². The van der Waals surface area contributed by atoms with Crippen LogP contribution in [0.5, 0.6) is 0 Å². The smallest absolute Gasteiger partial charge is 0.252 e. The maximum absolute atomic E-state index is 13.3. The minimum absolute atomic E-state index is 0.119. The molecule has 3 nitrogen and oxygen atoms in total. The van der Waals surface area contributed by atoms with Gasteiger partial charge in [0.05, 0.1) is 5.69 Å². The van der Waals surface area contributed by atoms with Crippen molar-refractivity contribution < 1.29 is 9.18 Å². The number of amides is 1. The van der Waals surface area contributed by atoms with Gasteiger partial charge in [-0.2, -0.15) is 0 Å². The van der Waals surface area contributed by atoms with Crippen molar-refractivity contribution in [2.45, 2.75) is 26.3 Å². The number of thioether (sulfide) groups is 1. The minimum Gasteiger partial charge on any atom is -0.284 e. The van der Waals surface area contributed by atoms with Crippen molar-refractivity contribution in [2.24, 2.45) is 4.99 Å². The molecule has 0 radical (unpaired) electrons. The fraction of sp³-hybridized carbons (Fsp3) is 0.238. The molecule has 1 atom stereocenters. The van der Waals surface area contributed by atoms with Crippen LogP contribution < -0.4 is 0 Å². The monoisotopic (exact) mass is 368 g/mol. The molecule has 0 spiro atoms. The van der Waals surface area contributed by atoms with E-state index < -0.39 is 0 Å².